The van der Waals surface area contributed by atoms with E-state index >= 15 is 0 Å². The van der Waals surface area contributed by atoms with Crippen molar-refractivity contribution in [1.82, 2.24) is 5.16 Å². The molecule has 3 rings (SSSR count). The minimum absolute atomic E-state index is 0.0125. The molecule has 1 aliphatic rings. The molecule has 0 aliphatic heterocycles. The van der Waals surface area contributed by atoms with Crippen LogP contribution in [0.25, 0.3) is 0 Å². The van der Waals surface area contributed by atoms with Gasteiger partial charge in [0.2, 0.25) is 0 Å². The average molecular weight is 352 g/mol. The van der Waals surface area contributed by atoms with Crippen LogP contribution in [0.15, 0.2) is 33.4 Å². The predicted molar refractivity (Wildman–Crippen MR) is 83.3 cm³/mol. The number of carbonyl (C=O) groups excluding carboxylic acids is 1. The zero-order chi connectivity index (χ0) is 14.1. The molecule has 0 unspecified atom stereocenters. The third-order valence-electron chi connectivity index (χ3n) is 3.44. The van der Waals surface area contributed by atoms with Crippen LogP contribution in [0.1, 0.15) is 46.0 Å². The van der Waals surface area contributed by atoms with Crippen molar-refractivity contribution in [3.8, 4) is 0 Å². The Morgan fingerprint density at radius 3 is 2.95 bits per heavy atom. The van der Waals surface area contributed by atoms with Crippen LogP contribution >= 0.6 is 27.7 Å². The molecular formula is C15H14BrNO2S. The first-order valence-electron chi connectivity index (χ1n) is 6.48. The Labute approximate surface area is 130 Å². The van der Waals surface area contributed by atoms with Crippen LogP contribution in [-0.4, -0.2) is 17.2 Å². The minimum Gasteiger partial charge on any atom is -0.360 e. The number of benzene rings is 1. The molecule has 1 heterocycles. The van der Waals surface area contributed by atoms with E-state index in [1.807, 2.05) is 24.5 Å². The SMILES string of the molecule is CSCc1c(Br)cccc1C(=O)c1cnoc1C1CC1. The van der Waals surface area contributed by atoms with E-state index in [4.69, 9.17) is 4.52 Å². The van der Waals surface area contributed by atoms with Crippen molar-refractivity contribution in [3.63, 3.8) is 0 Å². The molecule has 1 fully saturated rings. The average Bonchev–Trinajstić information content (AvgIpc) is 3.18. The molecular weight excluding hydrogens is 338 g/mol. The van der Waals surface area contributed by atoms with Gasteiger partial charge in [-0.2, -0.15) is 11.8 Å². The first-order valence-corrected chi connectivity index (χ1v) is 8.66. The number of carbonyl (C=O) groups is 1. The van der Waals surface area contributed by atoms with Crippen LogP contribution in [0, 0.1) is 0 Å². The Balaban J connectivity index is 2.01. The standard InChI is InChI=1S/C15H14BrNO2S/c1-20-8-12-10(3-2-4-13(12)16)14(18)11-7-17-19-15(11)9-5-6-9/h2-4,7,9H,5-6,8H2,1H3. The van der Waals surface area contributed by atoms with Crippen molar-refractivity contribution in [3.05, 3.63) is 51.3 Å². The van der Waals surface area contributed by atoms with E-state index in [9.17, 15) is 4.79 Å². The highest BCUT2D eigenvalue weighted by molar-refractivity contribution is 9.10. The van der Waals surface area contributed by atoms with Crippen LogP contribution in [0.5, 0.6) is 0 Å². The number of aromatic nitrogens is 1. The van der Waals surface area contributed by atoms with Crippen molar-refractivity contribution in [1.29, 1.82) is 0 Å². The van der Waals surface area contributed by atoms with Gasteiger partial charge in [-0.1, -0.05) is 33.2 Å². The monoisotopic (exact) mass is 351 g/mol. The van der Waals surface area contributed by atoms with Crippen molar-refractivity contribution in [2.45, 2.75) is 24.5 Å². The van der Waals surface area contributed by atoms with Crippen LogP contribution in [0.2, 0.25) is 0 Å². The second-order valence-electron chi connectivity index (χ2n) is 4.91. The van der Waals surface area contributed by atoms with Gasteiger partial charge in [0.05, 0.1) is 11.8 Å². The number of hydrogen-bond donors (Lipinski definition) is 0. The van der Waals surface area contributed by atoms with E-state index in [2.05, 4.69) is 21.1 Å². The molecule has 0 spiro atoms. The summed E-state index contributed by atoms with van der Waals surface area (Å²) in [7, 11) is 0. The van der Waals surface area contributed by atoms with Crippen molar-refractivity contribution in [2.24, 2.45) is 0 Å². The van der Waals surface area contributed by atoms with E-state index in [0.29, 0.717) is 11.5 Å². The summed E-state index contributed by atoms with van der Waals surface area (Å²) >= 11 is 5.23. The van der Waals surface area contributed by atoms with Crippen LogP contribution in [0.4, 0.5) is 0 Å². The Bertz CT molecular complexity index is 649. The van der Waals surface area contributed by atoms with Gasteiger partial charge in [0.1, 0.15) is 0 Å². The maximum absolute atomic E-state index is 12.8. The van der Waals surface area contributed by atoms with Gasteiger partial charge in [0.25, 0.3) is 0 Å². The fourth-order valence-corrected chi connectivity index (χ4v) is 3.56. The van der Waals surface area contributed by atoms with Gasteiger partial charge in [-0.25, -0.2) is 0 Å². The van der Waals surface area contributed by atoms with Gasteiger partial charge < -0.3 is 4.52 Å². The molecule has 0 radical (unpaired) electrons. The molecule has 0 amide bonds. The third-order valence-corrected chi connectivity index (χ3v) is 4.76. The summed E-state index contributed by atoms with van der Waals surface area (Å²) in [5.74, 6) is 1.95. The first kappa shape index (κ1) is 13.9. The molecule has 2 aromatic rings. The molecule has 0 N–H and O–H groups in total. The van der Waals surface area contributed by atoms with Gasteiger partial charge in [-0.15, -0.1) is 0 Å². The van der Waals surface area contributed by atoms with Gasteiger partial charge in [-0.3, -0.25) is 4.79 Å². The van der Waals surface area contributed by atoms with Gasteiger partial charge in [0, 0.05) is 21.7 Å². The molecule has 0 atom stereocenters. The summed E-state index contributed by atoms with van der Waals surface area (Å²) in [6, 6.07) is 5.74. The quantitative estimate of drug-likeness (QED) is 0.748. The van der Waals surface area contributed by atoms with Crippen molar-refractivity contribution < 1.29 is 9.32 Å². The summed E-state index contributed by atoms with van der Waals surface area (Å²) in [5.41, 5.74) is 2.39. The summed E-state index contributed by atoms with van der Waals surface area (Å²) in [5, 5.41) is 3.82. The Morgan fingerprint density at radius 2 is 2.25 bits per heavy atom. The maximum Gasteiger partial charge on any atom is 0.198 e. The zero-order valence-corrected chi connectivity index (χ0v) is 13.5. The second-order valence-corrected chi connectivity index (χ2v) is 6.63. The minimum atomic E-state index is 0.0125. The van der Waals surface area contributed by atoms with Crippen LogP contribution < -0.4 is 0 Å². The fraction of sp³-hybridized carbons (Fsp3) is 0.333. The highest BCUT2D eigenvalue weighted by atomic mass is 79.9. The highest BCUT2D eigenvalue weighted by Gasteiger charge is 2.33. The van der Waals surface area contributed by atoms with Crippen molar-refractivity contribution >= 4 is 33.5 Å². The normalized spacial score (nSPS) is 14.5. The number of halogens is 1. The smallest absolute Gasteiger partial charge is 0.198 e. The van der Waals surface area contributed by atoms with E-state index in [1.165, 1.54) is 0 Å². The van der Waals surface area contributed by atoms with Crippen LogP contribution in [-0.2, 0) is 5.75 Å². The van der Waals surface area contributed by atoms with Crippen molar-refractivity contribution in [2.75, 3.05) is 6.26 Å². The largest absolute Gasteiger partial charge is 0.360 e. The van der Waals surface area contributed by atoms with Crippen LogP contribution in [0.3, 0.4) is 0 Å². The highest BCUT2D eigenvalue weighted by Crippen LogP contribution is 2.42. The molecule has 0 bridgehead atoms. The molecule has 1 aromatic heterocycles. The number of rotatable bonds is 5. The number of nitrogens with zero attached hydrogens (tertiary/aromatic N) is 1. The Kier molecular flexibility index (Phi) is 3.98. The molecule has 3 nitrogen and oxygen atoms in total. The second kappa shape index (κ2) is 5.74. The molecule has 104 valence electrons. The molecule has 1 saturated carbocycles. The zero-order valence-electron chi connectivity index (χ0n) is 11.1. The lowest BCUT2D eigenvalue weighted by Crippen LogP contribution is -2.06. The number of hydrogen-bond acceptors (Lipinski definition) is 4. The fourth-order valence-electron chi connectivity index (χ4n) is 2.27. The van der Waals surface area contributed by atoms with Gasteiger partial charge >= 0.3 is 0 Å². The third kappa shape index (κ3) is 2.56. The Hall–Kier alpha value is -1.07. The summed E-state index contributed by atoms with van der Waals surface area (Å²) in [4.78, 5) is 12.8. The van der Waals surface area contributed by atoms with E-state index in [1.54, 1.807) is 18.0 Å². The summed E-state index contributed by atoms with van der Waals surface area (Å²) < 4.78 is 6.25. The molecule has 5 heteroatoms. The molecule has 1 aromatic carbocycles. The summed E-state index contributed by atoms with van der Waals surface area (Å²) in [6.07, 6.45) is 5.76. The van der Waals surface area contributed by atoms with Gasteiger partial charge in [-0.05, 0) is 30.7 Å². The number of ketones is 1. The Morgan fingerprint density at radius 1 is 1.45 bits per heavy atom. The maximum atomic E-state index is 12.8. The molecule has 1 aliphatic carbocycles. The lowest BCUT2D eigenvalue weighted by molar-refractivity contribution is 0.103. The molecule has 0 saturated heterocycles. The summed E-state index contributed by atoms with van der Waals surface area (Å²) in [6.45, 7) is 0. The number of thioether (sulfide) groups is 1. The van der Waals surface area contributed by atoms with E-state index < -0.39 is 0 Å². The lowest BCUT2D eigenvalue weighted by Gasteiger charge is -2.09. The molecule has 20 heavy (non-hydrogen) atoms. The topological polar surface area (TPSA) is 43.1 Å². The predicted octanol–water partition coefficient (Wildman–Crippen LogP) is 4.41. The lowest BCUT2D eigenvalue weighted by atomic mass is 9.99. The van der Waals surface area contributed by atoms with E-state index in [-0.39, 0.29) is 5.78 Å². The van der Waals surface area contributed by atoms with Gasteiger partial charge in [0.15, 0.2) is 11.5 Å². The first-order chi connectivity index (χ1) is 9.72. The van der Waals surface area contributed by atoms with E-state index in [0.717, 1.165) is 40.0 Å².